The number of ether oxygens (including phenoxy) is 2. The van der Waals surface area contributed by atoms with Crippen molar-refractivity contribution in [3.8, 4) is 11.5 Å². The van der Waals surface area contributed by atoms with Crippen LogP contribution in [-0.2, 0) is 0 Å². The zero-order valence-electron chi connectivity index (χ0n) is 13.0. The van der Waals surface area contributed by atoms with Gasteiger partial charge in [-0.2, -0.15) is 0 Å². The van der Waals surface area contributed by atoms with E-state index in [2.05, 4.69) is 12.2 Å². The standard InChI is InChI=1S/C16H24N2O3/c1-12-5-4-9-18(10-8-12)16(19)17-13-6-7-14(20-2)15(11-13)21-3/h6-7,11-12H,4-5,8-10H2,1-3H3,(H,17,19). The second-order valence-corrected chi connectivity index (χ2v) is 5.52. The molecule has 1 saturated heterocycles. The minimum Gasteiger partial charge on any atom is -0.493 e. The van der Waals surface area contributed by atoms with Crippen molar-refractivity contribution in [2.45, 2.75) is 26.2 Å². The number of methoxy groups -OCH3 is 2. The highest BCUT2D eigenvalue weighted by Gasteiger charge is 2.18. The van der Waals surface area contributed by atoms with E-state index in [-0.39, 0.29) is 6.03 Å². The topological polar surface area (TPSA) is 50.8 Å². The molecule has 1 heterocycles. The van der Waals surface area contributed by atoms with Gasteiger partial charge in [-0.05, 0) is 37.3 Å². The van der Waals surface area contributed by atoms with Crippen LogP contribution in [0.4, 0.5) is 10.5 Å². The maximum atomic E-state index is 12.3. The Balaban J connectivity index is 2.02. The Bertz CT molecular complexity index is 490. The second kappa shape index (κ2) is 7.20. The average molecular weight is 292 g/mol. The molecule has 1 atom stereocenters. The number of anilines is 1. The summed E-state index contributed by atoms with van der Waals surface area (Å²) in [7, 11) is 3.17. The molecule has 0 saturated carbocycles. The summed E-state index contributed by atoms with van der Waals surface area (Å²) in [6.07, 6.45) is 3.33. The fraction of sp³-hybridized carbons (Fsp3) is 0.562. The lowest BCUT2D eigenvalue weighted by Gasteiger charge is -2.21. The number of hydrogen-bond acceptors (Lipinski definition) is 3. The molecular formula is C16H24N2O3. The molecule has 0 spiro atoms. The summed E-state index contributed by atoms with van der Waals surface area (Å²) in [5, 5.41) is 2.93. The average Bonchev–Trinajstić information content (AvgIpc) is 2.71. The monoisotopic (exact) mass is 292 g/mol. The lowest BCUT2D eigenvalue weighted by atomic mass is 10.0. The highest BCUT2D eigenvalue weighted by molar-refractivity contribution is 5.89. The smallest absolute Gasteiger partial charge is 0.321 e. The third kappa shape index (κ3) is 4.03. The number of amides is 2. The molecule has 1 aliphatic heterocycles. The quantitative estimate of drug-likeness (QED) is 0.929. The van der Waals surface area contributed by atoms with Gasteiger partial charge >= 0.3 is 6.03 Å². The van der Waals surface area contributed by atoms with Gasteiger partial charge in [-0.15, -0.1) is 0 Å². The molecule has 21 heavy (non-hydrogen) atoms. The zero-order chi connectivity index (χ0) is 15.2. The SMILES string of the molecule is COc1ccc(NC(=O)N2CCCC(C)CC2)cc1OC. The zero-order valence-corrected chi connectivity index (χ0v) is 13.0. The predicted molar refractivity (Wildman–Crippen MR) is 83.2 cm³/mol. The first kappa shape index (κ1) is 15.5. The van der Waals surface area contributed by atoms with Crippen LogP contribution in [0.3, 0.4) is 0 Å². The van der Waals surface area contributed by atoms with Crippen molar-refractivity contribution < 1.29 is 14.3 Å². The molecule has 2 rings (SSSR count). The first-order valence-electron chi connectivity index (χ1n) is 7.42. The van der Waals surface area contributed by atoms with E-state index in [1.165, 1.54) is 6.42 Å². The minimum atomic E-state index is -0.0451. The normalized spacial score (nSPS) is 18.8. The van der Waals surface area contributed by atoms with Crippen molar-refractivity contribution in [1.29, 1.82) is 0 Å². The van der Waals surface area contributed by atoms with Gasteiger partial charge in [0.2, 0.25) is 0 Å². The molecule has 1 aromatic rings. The van der Waals surface area contributed by atoms with Crippen LogP contribution in [0.5, 0.6) is 11.5 Å². The van der Waals surface area contributed by atoms with Gasteiger partial charge in [0.15, 0.2) is 11.5 Å². The van der Waals surface area contributed by atoms with Crippen molar-refractivity contribution >= 4 is 11.7 Å². The summed E-state index contributed by atoms with van der Waals surface area (Å²) in [6.45, 7) is 3.89. The van der Waals surface area contributed by atoms with Crippen LogP contribution < -0.4 is 14.8 Å². The summed E-state index contributed by atoms with van der Waals surface area (Å²) in [6, 6.07) is 5.34. The Morgan fingerprint density at radius 3 is 2.67 bits per heavy atom. The highest BCUT2D eigenvalue weighted by atomic mass is 16.5. The van der Waals surface area contributed by atoms with Crippen molar-refractivity contribution in [2.24, 2.45) is 5.92 Å². The van der Waals surface area contributed by atoms with E-state index in [1.54, 1.807) is 26.4 Å². The molecule has 0 bridgehead atoms. The number of nitrogens with zero attached hydrogens (tertiary/aromatic N) is 1. The van der Waals surface area contributed by atoms with E-state index >= 15 is 0 Å². The Morgan fingerprint density at radius 2 is 1.95 bits per heavy atom. The van der Waals surface area contributed by atoms with Crippen LogP contribution in [0.1, 0.15) is 26.2 Å². The van der Waals surface area contributed by atoms with Crippen LogP contribution in [0.2, 0.25) is 0 Å². The summed E-state index contributed by atoms with van der Waals surface area (Å²) in [4.78, 5) is 14.2. The number of rotatable bonds is 3. The number of likely N-dealkylation sites (tertiary alicyclic amines) is 1. The number of urea groups is 1. The molecule has 1 N–H and O–H groups in total. The Morgan fingerprint density at radius 1 is 1.19 bits per heavy atom. The maximum absolute atomic E-state index is 12.3. The van der Waals surface area contributed by atoms with Crippen molar-refractivity contribution in [1.82, 2.24) is 4.90 Å². The number of carbonyl (C=O) groups is 1. The van der Waals surface area contributed by atoms with E-state index in [1.807, 2.05) is 11.0 Å². The highest BCUT2D eigenvalue weighted by Crippen LogP contribution is 2.30. The van der Waals surface area contributed by atoms with Crippen LogP contribution in [0, 0.1) is 5.92 Å². The molecular weight excluding hydrogens is 268 g/mol. The lowest BCUT2D eigenvalue weighted by Crippen LogP contribution is -2.35. The van der Waals surface area contributed by atoms with Crippen LogP contribution in [-0.4, -0.2) is 38.2 Å². The molecule has 0 aromatic heterocycles. The third-order valence-electron chi connectivity index (χ3n) is 3.94. The van der Waals surface area contributed by atoms with Gasteiger partial charge in [-0.1, -0.05) is 6.92 Å². The Labute approximate surface area is 126 Å². The van der Waals surface area contributed by atoms with Gasteiger partial charge in [0.1, 0.15) is 0 Å². The van der Waals surface area contributed by atoms with Gasteiger partial charge in [0, 0.05) is 24.8 Å². The first-order valence-corrected chi connectivity index (χ1v) is 7.42. The van der Waals surface area contributed by atoms with E-state index in [4.69, 9.17) is 9.47 Å². The third-order valence-corrected chi connectivity index (χ3v) is 3.94. The number of nitrogens with one attached hydrogen (secondary N) is 1. The number of carbonyl (C=O) groups excluding carboxylic acids is 1. The fourth-order valence-electron chi connectivity index (χ4n) is 2.58. The summed E-state index contributed by atoms with van der Waals surface area (Å²) < 4.78 is 10.4. The van der Waals surface area contributed by atoms with Gasteiger partial charge in [0.25, 0.3) is 0 Å². The summed E-state index contributed by atoms with van der Waals surface area (Å²) in [5.41, 5.74) is 0.718. The van der Waals surface area contributed by atoms with Crippen LogP contribution in [0.25, 0.3) is 0 Å². The molecule has 1 aliphatic rings. The molecule has 1 unspecified atom stereocenters. The van der Waals surface area contributed by atoms with Crippen molar-refractivity contribution in [2.75, 3.05) is 32.6 Å². The predicted octanol–water partition coefficient (Wildman–Crippen LogP) is 3.36. The number of hydrogen-bond donors (Lipinski definition) is 1. The molecule has 0 radical (unpaired) electrons. The van der Waals surface area contributed by atoms with Gasteiger partial charge in [-0.25, -0.2) is 4.79 Å². The van der Waals surface area contributed by atoms with E-state index < -0.39 is 0 Å². The van der Waals surface area contributed by atoms with Gasteiger partial charge in [-0.3, -0.25) is 0 Å². The Kier molecular flexibility index (Phi) is 5.31. The molecule has 116 valence electrons. The second-order valence-electron chi connectivity index (χ2n) is 5.52. The van der Waals surface area contributed by atoms with E-state index in [0.29, 0.717) is 17.4 Å². The fourth-order valence-corrected chi connectivity index (χ4v) is 2.58. The van der Waals surface area contributed by atoms with E-state index in [0.717, 1.165) is 31.6 Å². The van der Waals surface area contributed by atoms with Gasteiger partial charge < -0.3 is 19.7 Å². The van der Waals surface area contributed by atoms with Crippen LogP contribution in [0.15, 0.2) is 18.2 Å². The molecule has 5 heteroatoms. The Hall–Kier alpha value is -1.91. The van der Waals surface area contributed by atoms with Crippen LogP contribution >= 0.6 is 0 Å². The molecule has 0 aliphatic carbocycles. The van der Waals surface area contributed by atoms with E-state index in [9.17, 15) is 4.79 Å². The largest absolute Gasteiger partial charge is 0.493 e. The van der Waals surface area contributed by atoms with Crippen molar-refractivity contribution in [3.05, 3.63) is 18.2 Å². The van der Waals surface area contributed by atoms with Crippen molar-refractivity contribution in [3.63, 3.8) is 0 Å². The lowest BCUT2D eigenvalue weighted by molar-refractivity contribution is 0.213. The van der Waals surface area contributed by atoms with Gasteiger partial charge in [0.05, 0.1) is 14.2 Å². The summed E-state index contributed by atoms with van der Waals surface area (Å²) >= 11 is 0. The first-order chi connectivity index (χ1) is 10.1. The molecule has 1 fully saturated rings. The molecule has 2 amide bonds. The molecule has 5 nitrogen and oxygen atoms in total. The summed E-state index contributed by atoms with van der Waals surface area (Å²) in [5.74, 6) is 1.96. The number of benzene rings is 1. The maximum Gasteiger partial charge on any atom is 0.321 e. The minimum absolute atomic E-state index is 0.0451. The molecule has 1 aromatic carbocycles.